The first-order chi connectivity index (χ1) is 9.52. The smallest absolute Gasteiger partial charge is 0.243 e. The van der Waals surface area contributed by atoms with E-state index in [4.69, 9.17) is 10.3 Å². The summed E-state index contributed by atoms with van der Waals surface area (Å²) < 4.78 is 44.1. The van der Waals surface area contributed by atoms with Crippen molar-refractivity contribution in [3.8, 4) is 11.4 Å². The molecular weight excluding hydrogens is 271 g/mol. The zero-order valence-corrected chi connectivity index (χ0v) is 10.9. The molecule has 0 spiro atoms. The number of unbranched alkanes of at least 4 members (excludes halogenated alkanes) is 1. The molecule has 0 radical (unpaired) electrons. The van der Waals surface area contributed by atoms with Gasteiger partial charge in [0, 0.05) is 5.56 Å². The predicted octanol–water partition coefficient (Wildman–Crippen LogP) is 3.34. The van der Waals surface area contributed by atoms with Crippen molar-refractivity contribution in [2.24, 2.45) is 5.73 Å². The van der Waals surface area contributed by atoms with Crippen LogP contribution >= 0.6 is 0 Å². The van der Waals surface area contributed by atoms with Crippen LogP contribution in [0, 0.1) is 17.5 Å². The minimum absolute atomic E-state index is 0.000841. The normalized spacial score (nSPS) is 12.7. The molecule has 108 valence electrons. The SMILES string of the molecule is CCCCC(N)c1nc(-c2cc(F)c(F)c(F)c2)no1. The lowest BCUT2D eigenvalue weighted by molar-refractivity contribution is 0.346. The van der Waals surface area contributed by atoms with Gasteiger partial charge in [0.25, 0.3) is 0 Å². The quantitative estimate of drug-likeness (QED) is 0.856. The third-order valence-electron chi connectivity index (χ3n) is 2.87. The molecule has 4 nitrogen and oxygen atoms in total. The summed E-state index contributed by atoms with van der Waals surface area (Å²) in [4.78, 5) is 3.99. The summed E-state index contributed by atoms with van der Waals surface area (Å²) in [5, 5.41) is 3.61. The molecule has 0 saturated heterocycles. The monoisotopic (exact) mass is 285 g/mol. The Bertz CT molecular complexity index is 577. The molecule has 7 heteroatoms. The first kappa shape index (κ1) is 14.5. The zero-order chi connectivity index (χ0) is 14.7. The molecule has 1 atom stereocenters. The van der Waals surface area contributed by atoms with Crippen molar-refractivity contribution in [1.29, 1.82) is 0 Å². The fraction of sp³-hybridized carbons (Fsp3) is 0.385. The third-order valence-corrected chi connectivity index (χ3v) is 2.87. The van der Waals surface area contributed by atoms with E-state index in [1.54, 1.807) is 0 Å². The minimum atomic E-state index is -1.53. The molecular formula is C13H14F3N3O. The first-order valence-corrected chi connectivity index (χ1v) is 6.27. The second-order valence-corrected chi connectivity index (χ2v) is 4.46. The van der Waals surface area contributed by atoms with Crippen LogP contribution in [0.2, 0.25) is 0 Å². The van der Waals surface area contributed by atoms with Gasteiger partial charge in [-0.25, -0.2) is 13.2 Å². The number of hydrogen-bond acceptors (Lipinski definition) is 4. The number of halogens is 3. The van der Waals surface area contributed by atoms with Crippen LogP contribution in [0.25, 0.3) is 11.4 Å². The number of aromatic nitrogens is 2. The van der Waals surface area contributed by atoms with Gasteiger partial charge in [-0.15, -0.1) is 0 Å². The average Bonchev–Trinajstić information content (AvgIpc) is 2.91. The summed E-state index contributed by atoms with van der Waals surface area (Å²) in [6.45, 7) is 2.02. The van der Waals surface area contributed by atoms with Gasteiger partial charge >= 0.3 is 0 Å². The second-order valence-electron chi connectivity index (χ2n) is 4.46. The maximum Gasteiger partial charge on any atom is 0.243 e. The fourth-order valence-electron chi connectivity index (χ4n) is 1.74. The van der Waals surface area contributed by atoms with Crippen LogP contribution in [0.15, 0.2) is 16.7 Å². The first-order valence-electron chi connectivity index (χ1n) is 6.27. The summed E-state index contributed by atoms with van der Waals surface area (Å²) in [5.41, 5.74) is 5.85. The Morgan fingerprint density at radius 3 is 2.50 bits per heavy atom. The topological polar surface area (TPSA) is 64.9 Å². The molecule has 0 amide bonds. The van der Waals surface area contributed by atoms with Crippen LogP contribution < -0.4 is 5.73 Å². The van der Waals surface area contributed by atoms with E-state index < -0.39 is 23.5 Å². The molecule has 0 aliphatic rings. The molecule has 0 fully saturated rings. The zero-order valence-electron chi connectivity index (χ0n) is 10.9. The molecule has 1 heterocycles. The molecule has 2 rings (SSSR count). The average molecular weight is 285 g/mol. The van der Waals surface area contributed by atoms with Crippen molar-refractivity contribution >= 4 is 0 Å². The van der Waals surface area contributed by atoms with Gasteiger partial charge in [-0.3, -0.25) is 0 Å². The fourth-order valence-corrected chi connectivity index (χ4v) is 1.74. The Morgan fingerprint density at radius 2 is 1.90 bits per heavy atom. The van der Waals surface area contributed by atoms with Gasteiger partial charge in [0.05, 0.1) is 6.04 Å². The lowest BCUT2D eigenvalue weighted by Gasteiger charge is -2.03. The maximum atomic E-state index is 13.1. The molecule has 0 aliphatic carbocycles. The van der Waals surface area contributed by atoms with Gasteiger partial charge in [-0.2, -0.15) is 4.98 Å². The van der Waals surface area contributed by atoms with E-state index in [0.717, 1.165) is 25.0 Å². The summed E-state index contributed by atoms with van der Waals surface area (Å²) in [7, 11) is 0. The summed E-state index contributed by atoms with van der Waals surface area (Å²) in [6, 6.07) is 1.20. The van der Waals surface area contributed by atoms with Crippen molar-refractivity contribution in [2.45, 2.75) is 32.2 Å². The van der Waals surface area contributed by atoms with E-state index in [-0.39, 0.29) is 17.3 Å². The van der Waals surface area contributed by atoms with Crippen molar-refractivity contribution < 1.29 is 17.7 Å². The Kier molecular flexibility index (Phi) is 4.39. The van der Waals surface area contributed by atoms with Crippen LogP contribution in [0.3, 0.4) is 0 Å². The van der Waals surface area contributed by atoms with E-state index in [1.165, 1.54) is 0 Å². The van der Waals surface area contributed by atoms with Gasteiger partial charge in [0.1, 0.15) is 0 Å². The molecule has 1 aromatic carbocycles. The van der Waals surface area contributed by atoms with E-state index in [2.05, 4.69) is 10.1 Å². The van der Waals surface area contributed by atoms with Crippen LogP contribution in [0.1, 0.15) is 38.1 Å². The van der Waals surface area contributed by atoms with Gasteiger partial charge in [0.15, 0.2) is 17.5 Å². The Hall–Kier alpha value is -1.89. The van der Waals surface area contributed by atoms with Gasteiger partial charge in [0.2, 0.25) is 11.7 Å². The van der Waals surface area contributed by atoms with Crippen molar-refractivity contribution in [3.63, 3.8) is 0 Å². The van der Waals surface area contributed by atoms with E-state index in [1.807, 2.05) is 6.92 Å². The summed E-state index contributed by atoms with van der Waals surface area (Å²) >= 11 is 0. The van der Waals surface area contributed by atoms with Gasteiger partial charge in [-0.1, -0.05) is 24.9 Å². The van der Waals surface area contributed by atoms with Crippen LogP contribution in [0.5, 0.6) is 0 Å². The number of nitrogens with two attached hydrogens (primary N) is 1. The minimum Gasteiger partial charge on any atom is -0.337 e. The Morgan fingerprint density at radius 1 is 1.25 bits per heavy atom. The van der Waals surface area contributed by atoms with Crippen molar-refractivity contribution in [3.05, 3.63) is 35.5 Å². The molecule has 2 aromatic rings. The van der Waals surface area contributed by atoms with Crippen LogP contribution in [-0.2, 0) is 0 Å². The van der Waals surface area contributed by atoms with Crippen molar-refractivity contribution in [1.82, 2.24) is 10.1 Å². The predicted molar refractivity (Wildman–Crippen MR) is 66.1 cm³/mol. The molecule has 1 unspecified atom stereocenters. The highest BCUT2D eigenvalue weighted by Gasteiger charge is 2.18. The maximum absolute atomic E-state index is 13.1. The molecule has 1 aromatic heterocycles. The molecule has 20 heavy (non-hydrogen) atoms. The van der Waals surface area contributed by atoms with Crippen LogP contribution in [0.4, 0.5) is 13.2 Å². The van der Waals surface area contributed by atoms with Crippen LogP contribution in [-0.4, -0.2) is 10.1 Å². The van der Waals surface area contributed by atoms with Crippen molar-refractivity contribution in [2.75, 3.05) is 0 Å². The Labute approximate surface area is 113 Å². The van der Waals surface area contributed by atoms with Gasteiger partial charge < -0.3 is 10.3 Å². The highest BCUT2D eigenvalue weighted by atomic mass is 19.2. The lowest BCUT2D eigenvalue weighted by Crippen LogP contribution is -2.10. The molecule has 2 N–H and O–H groups in total. The highest BCUT2D eigenvalue weighted by Crippen LogP contribution is 2.23. The summed E-state index contributed by atoms with van der Waals surface area (Å²) in [5.74, 6) is -3.97. The highest BCUT2D eigenvalue weighted by molar-refractivity contribution is 5.54. The van der Waals surface area contributed by atoms with E-state index in [9.17, 15) is 13.2 Å². The molecule has 0 saturated carbocycles. The third kappa shape index (κ3) is 2.98. The molecule has 0 bridgehead atoms. The summed E-state index contributed by atoms with van der Waals surface area (Å²) in [6.07, 6.45) is 2.55. The number of nitrogens with zero attached hydrogens (tertiary/aromatic N) is 2. The lowest BCUT2D eigenvalue weighted by atomic mass is 10.1. The molecule has 0 aliphatic heterocycles. The number of rotatable bonds is 5. The standard InChI is InChI=1S/C13H14F3N3O/c1-2-3-4-10(17)13-18-12(19-20-13)7-5-8(14)11(16)9(15)6-7/h5-6,10H,2-4,17H2,1H3. The van der Waals surface area contributed by atoms with Gasteiger partial charge in [-0.05, 0) is 18.6 Å². The number of benzene rings is 1. The largest absolute Gasteiger partial charge is 0.337 e. The number of hydrogen-bond donors (Lipinski definition) is 1. The van der Waals surface area contributed by atoms with E-state index >= 15 is 0 Å². The van der Waals surface area contributed by atoms with E-state index in [0.29, 0.717) is 6.42 Å². The second kappa shape index (κ2) is 6.04. The Balaban J connectivity index is 2.24.